The number of hydrogen-bond donors (Lipinski definition) is 1. The first-order valence-electron chi connectivity index (χ1n) is 2.33. The second kappa shape index (κ2) is 2.31. The third-order valence-corrected chi connectivity index (χ3v) is 1.22. The predicted molar refractivity (Wildman–Crippen MR) is 31.6 cm³/mol. The lowest BCUT2D eigenvalue weighted by atomic mass is 10.4. The summed E-state index contributed by atoms with van der Waals surface area (Å²) in [7, 11) is 0. The molecule has 0 bridgehead atoms. The van der Waals surface area contributed by atoms with Gasteiger partial charge in [-0.25, -0.2) is 14.2 Å². The Labute approximate surface area is 55.9 Å². The van der Waals surface area contributed by atoms with Gasteiger partial charge in [-0.05, 0) is 0 Å². The van der Waals surface area contributed by atoms with Crippen molar-refractivity contribution in [1.82, 2.24) is 5.32 Å². The standard InChI is InChI=1S/C4H4ClFN2O/c5-3-2(6)1-7-4(9)8-3/h1-3H,(H,8,9). The molecule has 1 rings (SSSR count). The number of nitrogens with zero attached hydrogens (tertiary/aromatic N) is 1. The van der Waals surface area contributed by atoms with E-state index < -0.39 is 17.7 Å². The first-order valence-corrected chi connectivity index (χ1v) is 2.76. The fourth-order valence-corrected chi connectivity index (χ4v) is 0.608. The Hall–Kier alpha value is -0.640. The van der Waals surface area contributed by atoms with Gasteiger partial charge in [0.1, 0.15) is 5.50 Å². The van der Waals surface area contributed by atoms with Gasteiger partial charge in [0.25, 0.3) is 0 Å². The molecule has 0 aromatic carbocycles. The summed E-state index contributed by atoms with van der Waals surface area (Å²) in [5.74, 6) is 0. The van der Waals surface area contributed by atoms with Gasteiger partial charge in [0.2, 0.25) is 0 Å². The van der Waals surface area contributed by atoms with Crippen molar-refractivity contribution in [2.75, 3.05) is 0 Å². The molecule has 0 saturated heterocycles. The second-order valence-corrected chi connectivity index (χ2v) is 2.04. The zero-order valence-corrected chi connectivity index (χ0v) is 5.10. The number of carbonyl (C=O) groups excluding carboxylic acids is 1. The molecule has 0 saturated carbocycles. The summed E-state index contributed by atoms with van der Waals surface area (Å²) in [5.41, 5.74) is -0.963. The van der Waals surface area contributed by atoms with E-state index in [-0.39, 0.29) is 0 Å². The fraction of sp³-hybridized carbons (Fsp3) is 0.500. The van der Waals surface area contributed by atoms with E-state index >= 15 is 0 Å². The fourth-order valence-electron chi connectivity index (χ4n) is 0.449. The molecule has 3 nitrogen and oxygen atoms in total. The normalized spacial score (nSPS) is 34.2. The molecule has 2 unspecified atom stereocenters. The Morgan fingerprint density at radius 3 is 3.00 bits per heavy atom. The highest BCUT2D eigenvalue weighted by molar-refractivity contribution is 6.23. The summed E-state index contributed by atoms with van der Waals surface area (Å²) in [6, 6.07) is -0.594. The number of urea groups is 1. The molecule has 1 N–H and O–H groups in total. The number of aliphatic imine (C=N–C) groups is 1. The lowest BCUT2D eigenvalue weighted by molar-refractivity contribution is 0.242. The van der Waals surface area contributed by atoms with E-state index in [4.69, 9.17) is 11.6 Å². The first kappa shape index (κ1) is 6.48. The van der Waals surface area contributed by atoms with Crippen molar-refractivity contribution < 1.29 is 9.18 Å². The molecule has 0 fully saturated rings. The number of nitrogens with one attached hydrogen (secondary N) is 1. The van der Waals surface area contributed by atoms with Crippen molar-refractivity contribution in [3.8, 4) is 0 Å². The molecule has 0 radical (unpaired) electrons. The molecule has 9 heavy (non-hydrogen) atoms. The van der Waals surface area contributed by atoms with E-state index in [1.54, 1.807) is 0 Å². The van der Waals surface area contributed by atoms with Crippen LogP contribution in [0.25, 0.3) is 0 Å². The van der Waals surface area contributed by atoms with Gasteiger partial charge in [0.15, 0.2) is 6.17 Å². The van der Waals surface area contributed by atoms with Gasteiger partial charge >= 0.3 is 6.03 Å². The third-order valence-electron chi connectivity index (χ3n) is 0.875. The third kappa shape index (κ3) is 1.38. The molecule has 1 heterocycles. The van der Waals surface area contributed by atoms with E-state index in [0.29, 0.717) is 0 Å². The van der Waals surface area contributed by atoms with Gasteiger partial charge < -0.3 is 5.32 Å². The van der Waals surface area contributed by atoms with Crippen molar-refractivity contribution in [3.63, 3.8) is 0 Å². The average molecular weight is 151 g/mol. The topological polar surface area (TPSA) is 41.5 Å². The molecule has 0 aliphatic carbocycles. The van der Waals surface area contributed by atoms with Crippen LogP contribution in [0, 0.1) is 0 Å². The van der Waals surface area contributed by atoms with Gasteiger partial charge in [-0.15, -0.1) is 0 Å². The maximum Gasteiger partial charge on any atom is 0.341 e. The van der Waals surface area contributed by atoms with Crippen molar-refractivity contribution in [2.24, 2.45) is 4.99 Å². The summed E-state index contributed by atoms with van der Waals surface area (Å²) in [4.78, 5) is 13.4. The number of carbonyl (C=O) groups is 1. The van der Waals surface area contributed by atoms with Crippen LogP contribution >= 0.6 is 11.6 Å². The largest absolute Gasteiger partial charge is 0.341 e. The quantitative estimate of drug-likeness (QED) is 0.401. The van der Waals surface area contributed by atoms with Crippen molar-refractivity contribution >= 4 is 23.8 Å². The highest BCUT2D eigenvalue weighted by Gasteiger charge is 2.22. The number of halogens is 2. The minimum atomic E-state index is -1.37. The van der Waals surface area contributed by atoms with E-state index in [1.807, 2.05) is 0 Å². The first-order chi connectivity index (χ1) is 4.20. The van der Waals surface area contributed by atoms with Crippen LogP contribution in [0.3, 0.4) is 0 Å². The summed E-state index contributed by atoms with van der Waals surface area (Å²) < 4.78 is 12.3. The van der Waals surface area contributed by atoms with Crippen LogP contribution in [0.15, 0.2) is 4.99 Å². The van der Waals surface area contributed by atoms with E-state index in [9.17, 15) is 9.18 Å². The Morgan fingerprint density at radius 2 is 2.56 bits per heavy atom. The minimum absolute atomic E-state index is 0.594. The van der Waals surface area contributed by atoms with Crippen LogP contribution in [0.1, 0.15) is 0 Å². The Bertz CT molecular complexity index is 161. The Kier molecular flexibility index (Phi) is 1.66. The van der Waals surface area contributed by atoms with E-state index in [1.165, 1.54) is 0 Å². The smallest absolute Gasteiger partial charge is 0.317 e. The summed E-state index contributed by atoms with van der Waals surface area (Å²) >= 11 is 5.26. The molecule has 0 aromatic heterocycles. The maximum absolute atomic E-state index is 12.3. The second-order valence-electron chi connectivity index (χ2n) is 1.57. The summed E-state index contributed by atoms with van der Waals surface area (Å²) in [5, 5.41) is 2.08. The van der Waals surface area contributed by atoms with Gasteiger partial charge in [-0.2, -0.15) is 0 Å². The number of alkyl halides is 2. The molecule has 2 atom stereocenters. The molecule has 1 aliphatic heterocycles. The number of amides is 2. The van der Waals surface area contributed by atoms with Gasteiger partial charge in [0.05, 0.1) is 0 Å². The number of hydrogen-bond acceptors (Lipinski definition) is 1. The van der Waals surface area contributed by atoms with Crippen LogP contribution in [-0.4, -0.2) is 23.9 Å². The van der Waals surface area contributed by atoms with Crippen LogP contribution in [0.4, 0.5) is 9.18 Å². The molecule has 0 spiro atoms. The molecular formula is C4H4ClFN2O. The van der Waals surface area contributed by atoms with Crippen LogP contribution in [0.2, 0.25) is 0 Å². The molecular weight excluding hydrogens is 147 g/mol. The zero-order valence-electron chi connectivity index (χ0n) is 4.34. The molecule has 1 aliphatic rings. The highest BCUT2D eigenvalue weighted by atomic mass is 35.5. The Balaban J connectivity index is 2.65. The van der Waals surface area contributed by atoms with Crippen LogP contribution < -0.4 is 5.32 Å². The number of rotatable bonds is 0. The predicted octanol–water partition coefficient (Wildman–Crippen LogP) is 0.683. The highest BCUT2D eigenvalue weighted by Crippen LogP contribution is 2.05. The van der Waals surface area contributed by atoms with Crippen molar-refractivity contribution in [3.05, 3.63) is 0 Å². The van der Waals surface area contributed by atoms with Gasteiger partial charge in [0, 0.05) is 6.21 Å². The van der Waals surface area contributed by atoms with E-state index in [2.05, 4.69) is 10.3 Å². The summed E-state index contributed by atoms with van der Waals surface area (Å²) in [6.07, 6.45) is -0.486. The lowest BCUT2D eigenvalue weighted by Gasteiger charge is -2.14. The average Bonchev–Trinajstić information content (AvgIpc) is 1.80. The van der Waals surface area contributed by atoms with Crippen LogP contribution in [0.5, 0.6) is 0 Å². The molecule has 50 valence electrons. The maximum atomic E-state index is 12.3. The SMILES string of the molecule is O=C1N=CC(F)C(Cl)N1. The monoisotopic (exact) mass is 150 g/mol. The Morgan fingerprint density at radius 1 is 1.89 bits per heavy atom. The van der Waals surface area contributed by atoms with Crippen molar-refractivity contribution in [1.29, 1.82) is 0 Å². The molecule has 5 heteroatoms. The molecule has 2 amide bonds. The van der Waals surface area contributed by atoms with Crippen LogP contribution in [-0.2, 0) is 0 Å². The molecule has 0 aromatic rings. The van der Waals surface area contributed by atoms with Gasteiger partial charge in [-0.3, -0.25) is 0 Å². The zero-order chi connectivity index (χ0) is 6.85. The van der Waals surface area contributed by atoms with Gasteiger partial charge in [-0.1, -0.05) is 11.6 Å². The minimum Gasteiger partial charge on any atom is -0.317 e. The lowest BCUT2D eigenvalue weighted by Crippen LogP contribution is -2.40. The van der Waals surface area contributed by atoms with Crippen molar-refractivity contribution in [2.45, 2.75) is 11.7 Å². The van der Waals surface area contributed by atoms with E-state index in [0.717, 1.165) is 6.21 Å². The summed E-state index contributed by atoms with van der Waals surface area (Å²) in [6.45, 7) is 0.